The Morgan fingerprint density at radius 3 is 2.56 bits per heavy atom. The molecule has 0 aliphatic carbocycles. The lowest BCUT2D eigenvalue weighted by molar-refractivity contribution is -0.142. The van der Waals surface area contributed by atoms with E-state index in [1.54, 1.807) is 16.7 Å². The second-order valence-electron chi connectivity index (χ2n) is 6.86. The zero-order valence-corrected chi connectivity index (χ0v) is 16.3. The number of carbonyl (C=O) groups excluding carboxylic acids is 2. The number of carbonyl (C=O) groups is 2. The number of nitrogens with one attached hydrogen (secondary N) is 1. The highest BCUT2D eigenvalue weighted by atomic mass is 32.2. The molecule has 1 N–H and O–H groups in total. The van der Waals surface area contributed by atoms with Gasteiger partial charge in [0.15, 0.2) is 0 Å². The Bertz CT molecular complexity index is 562. The smallest absolute Gasteiger partial charge is 0.243 e. The van der Waals surface area contributed by atoms with Crippen LogP contribution < -0.4 is 5.32 Å². The van der Waals surface area contributed by atoms with Crippen molar-refractivity contribution in [3.63, 3.8) is 0 Å². The van der Waals surface area contributed by atoms with Gasteiger partial charge in [-0.05, 0) is 12.0 Å². The number of benzene rings is 1. The van der Waals surface area contributed by atoms with Crippen LogP contribution in [0.3, 0.4) is 0 Å². The van der Waals surface area contributed by atoms with E-state index in [-0.39, 0.29) is 29.1 Å². The number of rotatable bonds is 8. The largest absolute Gasteiger partial charge is 0.354 e. The van der Waals surface area contributed by atoms with Crippen molar-refractivity contribution in [1.29, 1.82) is 0 Å². The Morgan fingerprint density at radius 2 is 1.92 bits per heavy atom. The quantitative estimate of drug-likeness (QED) is 0.712. The summed E-state index contributed by atoms with van der Waals surface area (Å²) in [5.41, 5.74) is 1.08. The van der Waals surface area contributed by atoms with E-state index in [0.29, 0.717) is 12.3 Å². The Kier molecular flexibility index (Phi) is 7.82. The summed E-state index contributed by atoms with van der Waals surface area (Å²) in [5, 5.41) is 2.96. The maximum absolute atomic E-state index is 12.8. The summed E-state index contributed by atoms with van der Waals surface area (Å²) in [4.78, 5) is 27.3. The average Bonchev–Trinajstić information content (AvgIpc) is 3.06. The van der Waals surface area contributed by atoms with Crippen LogP contribution in [0.25, 0.3) is 0 Å². The first-order chi connectivity index (χ1) is 12.1. The van der Waals surface area contributed by atoms with Crippen molar-refractivity contribution in [2.24, 2.45) is 5.92 Å². The molecule has 1 aromatic rings. The topological polar surface area (TPSA) is 49.4 Å². The standard InChI is InChI=1S/C20H30N2O2S/c1-4-5-6-10-13-21-18(23)17-14-25-20(16-11-8-7-9-12-16)22(17)19(24)15(2)3/h7-9,11-12,15,17,20H,4-6,10,13-14H2,1-3H3,(H,21,23)/t17-,20+/m0/s1. The lowest BCUT2D eigenvalue weighted by Gasteiger charge is -2.30. The first kappa shape index (κ1) is 19.8. The molecule has 1 fully saturated rings. The van der Waals surface area contributed by atoms with Crippen LogP contribution in [0.1, 0.15) is 57.4 Å². The number of hydrogen-bond donors (Lipinski definition) is 1. The van der Waals surface area contributed by atoms with E-state index in [1.807, 2.05) is 44.2 Å². The van der Waals surface area contributed by atoms with Crippen LogP contribution in [0.5, 0.6) is 0 Å². The maximum Gasteiger partial charge on any atom is 0.243 e. The predicted octanol–water partition coefficient (Wildman–Crippen LogP) is 3.98. The summed E-state index contributed by atoms with van der Waals surface area (Å²) in [6, 6.07) is 9.62. The highest BCUT2D eigenvalue weighted by Crippen LogP contribution is 2.42. The molecule has 1 heterocycles. The Hall–Kier alpha value is -1.49. The van der Waals surface area contributed by atoms with Gasteiger partial charge >= 0.3 is 0 Å². The molecule has 5 heteroatoms. The first-order valence-corrected chi connectivity index (χ1v) is 10.4. The van der Waals surface area contributed by atoms with Crippen LogP contribution in [0, 0.1) is 5.92 Å². The number of nitrogens with zero attached hydrogens (tertiary/aromatic N) is 1. The first-order valence-electron chi connectivity index (χ1n) is 9.32. The van der Waals surface area contributed by atoms with Gasteiger partial charge in [-0.3, -0.25) is 9.59 Å². The minimum atomic E-state index is -0.378. The molecule has 1 aromatic carbocycles. The van der Waals surface area contributed by atoms with Crippen LogP contribution in [0.15, 0.2) is 30.3 Å². The predicted molar refractivity (Wildman–Crippen MR) is 104 cm³/mol. The lowest BCUT2D eigenvalue weighted by Crippen LogP contribution is -2.49. The van der Waals surface area contributed by atoms with Crippen LogP contribution in [0.2, 0.25) is 0 Å². The number of hydrogen-bond acceptors (Lipinski definition) is 3. The van der Waals surface area contributed by atoms with Crippen molar-refractivity contribution in [3.05, 3.63) is 35.9 Å². The zero-order chi connectivity index (χ0) is 18.2. The molecule has 0 saturated carbocycles. The van der Waals surface area contributed by atoms with Gasteiger partial charge in [0.2, 0.25) is 11.8 Å². The molecule has 0 bridgehead atoms. The van der Waals surface area contributed by atoms with E-state index in [2.05, 4.69) is 12.2 Å². The fraction of sp³-hybridized carbons (Fsp3) is 0.600. The normalized spacial score (nSPS) is 20.1. The molecule has 0 radical (unpaired) electrons. The molecule has 2 rings (SSSR count). The second kappa shape index (κ2) is 9.85. The highest BCUT2D eigenvalue weighted by Gasteiger charge is 2.42. The molecule has 2 amide bonds. The van der Waals surface area contributed by atoms with Gasteiger partial charge in [-0.1, -0.05) is 70.4 Å². The summed E-state index contributed by atoms with van der Waals surface area (Å²) in [6.45, 7) is 6.66. The molecule has 4 nitrogen and oxygen atoms in total. The number of unbranched alkanes of at least 4 members (excludes halogenated alkanes) is 3. The maximum atomic E-state index is 12.8. The molecule has 2 atom stereocenters. The molecule has 138 valence electrons. The third-order valence-electron chi connectivity index (χ3n) is 4.47. The molecular formula is C20H30N2O2S. The van der Waals surface area contributed by atoms with Crippen molar-refractivity contribution in [2.75, 3.05) is 12.3 Å². The van der Waals surface area contributed by atoms with Gasteiger partial charge in [-0.15, -0.1) is 11.8 Å². The fourth-order valence-corrected chi connectivity index (χ4v) is 4.47. The van der Waals surface area contributed by atoms with Crippen molar-refractivity contribution in [3.8, 4) is 0 Å². The van der Waals surface area contributed by atoms with Gasteiger partial charge in [-0.25, -0.2) is 0 Å². The van der Waals surface area contributed by atoms with Crippen LogP contribution in [-0.2, 0) is 9.59 Å². The van der Waals surface area contributed by atoms with E-state index in [4.69, 9.17) is 0 Å². The zero-order valence-electron chi connectivity index (χ0n) is 15.5. The lowest BCUT2D eigenvalue weighted by atomic mass is 10.1. The average molecular weight is 363 g/mol. The molecule has 25 heavy (non-hydrogen) atoms. The monoisotopic (exact) mass is 362 g/mol. The molecule has 0 aromatic heterocycles. The number of thioether (sulfide) groups is 1. The van der Waals surface area contributed by atoms with Gasteiger partial charge in [0.1, 0.15) is 11.4 Å². The van der Waals surface area contributed by atoms with Crippen molar-refractivity contribution < 1.29 is 9.59 Å². The minimum absolute atomic E-state index is 0.0172. The summed E-state index contributed by atoms with van der Waals surface area (Å²) in [7, 11) is 0. The molecule has 0 unspecified atom stereocenters. The van der Waals surface area contributed by atoms with Gasteiger partial charge < -0.3 is 10.2 Å². The van der Waals surface area contributed by atoms with Crippen LogP contribution in [-0.4, -0.2) is 35.1 Å². The fourth-order valence-electron chi connectivity index (χ4n) is 3.03. The molecular weight excluding hydrogens is 332 g/mol. The SMILES string of the molecule is CCCCCCNC(=O)[C@@H]1CS[C@H](c2ccccc2)N1C(=O)C(C)C. The summed E-state index contributed by atoms with van der Waals surface area (Å²) < 4.78 is 0. The van der Waals surface area contributed by atoms with Gasteiger partial charge in [0.05, 0.1) is 0 Å². The summed E-state index contributed by atoms with van der Waals surface area (Å²) in [6.07, 6.45) is 4.52. The Morgan fingerprint density at radius 1 is 1.20 bits per heavy atom. The minimum Gasteiger partial charge on any atom is -0.354 e. The summed E-state index contributed by atoms with van der Waals surface area (Å²) in [5.74, 6) is 0.560. The van der Waals surface area contributed by atoms with Gasteiger partial charge in [0, 0.05) is 18.2 Å². The van der Waals surface area contributed by atoms with E-state index < -0.39 is 0 Å². The van der Waals surface area contributed by atoms with Gasteiger partial charge in [0.25, 0.3) is 0 Å². The molecule has 1 aliphatic heterocycles. The molecule has 1 aliphatic rings. The highest BCUT2D eigenvalue weighted by molar-refractivity contribution is 7.99. The van der Waals surface area contributed by atoms with Crippen LogP contribution in [0.4, 0.5) is 0 Å². The second-order valence-corrected chi connectivity index (χ2v) is 7.98. The van der Waals surface area contributed by atoms with Gasteiger partial charge in [-0.2, -0.15) is 0 Å². The van der Waals surface area contributed by atoms with Crippen molar-refractivity contribution in [1.82, 2.24) is 10.2 Å². The Labute approximate surface area is 155 Å². The van der Waals surface area contributed by atoms with Crippen LogP contribution >= 0.6 is 11.8 Å². The van der Waals surface area contributed by atoms with E-state index in [0.717, 1.165) is 18.4 Å². The Balaban J connectivity index is 2.06. The van der Waals surface area contributed by atoms with Crippen molar-refractivity contribution >= 4 is 23.6 Å². The van der Waals surface area contributed by atoms with E-state index in [1.165, 1.54) is 12.8 Å². The van der Waals surface area contributed by atoms with E-state index >= 15 is 0 Å². The van der Waals surface area contributed by atoms with E-state index in [9.17, 15) is 9.59 Å². The number of amides is 2. The summed E-state index contributed by atoms with van der Waals surface area (Å²) >= 11 is 1.68. The molecule has 1 saturated heterocycles. The molecule has 0 spiro atoms. The van der Waals surface area contributed by atoms with Crippen molar-refractivity contribution in [2.45, 2.75) is 57.9 Å². The third-order valence-corrected chi connectivity index (χ3v) is 5.79. The third kappa shape index (κ3) is 5.24.